The average Bonchev–Trinajstić information content (AvgIpc) is 2.59. The SMILES string of the molecule is COC(C)(C)CCNCC1CCCN1C. The van der Waals surface area contributed by atoms with Crippen molar-refractivity contribution in [2.75, 3.05) is 33.8 Å². The summed E-state index contributed by atoms with van der Waals surface area (Å²) in [5.74, 6) is 0. The third-order valence-electron chi connectivity index (χ3n) is 3.51. The maximum absolute atomic E-state index is 5.38. The topological polar surface area (TPSA) is 24.5 Å². The molecule has 1 atom stereocenters. The van der Waals surface area contributed by atoms with Gasteiger partial charge in [0.25, 0.3) is 0 Å². The Kier molecular flexibility index (Phi) is 5.03. The number of likely N-dealkylation sites (tertiary alicyclic amines) is 1. The first-order valence-corrected chi connectivity index (χ1v) is 6.01. The van der Waals surface area contributed by atoms with E-state index in [1.165, 1.54) is 19.4 Å². The molecule has 1 rings (SSSR count). The Morgan fingerprint density at radius 3 is 2.73 bits per heavy atom. The molecule has 3 nitrogen and oxygen atoms in total. The van der Waals surface area contributed by atoms with Gasteiger partial charge in [-0.15, -0.1) is 0 Å². The molecule has 0 saturated carbocycles. The van der Waals surface area contributed by atoms with Crippen molar-refractivity contribution < 1.29 is 4.74 Å². The van der Waals surface area contributed by atoms with E-state index in [0.29, 0.717) is 0 Å². The van der Waals surface area contributed by atoms with Crippen molar-refractivity contribution in [1.29, 1.82) is 0 Å². The van der Waals surface area contributed by atoms with Gasteiger partial charge in [0.1, 0.15) is 0 Å². The predicted octanol–water partition coefficient (Wildman–Crippen LogP) is 1.49. The van der Waals surface area contributed by atoms with E-state index in [2.05, 4.69) is 31.1 Å². The molecule has 1 fully saturated rings. The zero-order valence-corrected chi connectivity index (χ0v) is 10.7. The van der Waals surface area contributed by atoms with Gasteiger partial charge in [-0.2, -0.15) is 0 Å². The first-order chi connectivity index (χ1) is 7.05. The van der Waals surface area contributed by atoms with Crippen LogP contribution in [-0.4, -0.2) is 50.3 Å². The summed E-state index contributed by atoms with van der Waals surface area (Å²) in [5.41, 5.74) is 0.00851. The van der Waals surface area contributed by atoms with E-state index in [1.54, 1.807) is 7.11 Å². The van der Waals surface area contributed by atoms with Gasteiger partial charge in [0.15, 0.2) is 0 Å². The fraction of sp³-hybridized carbons (Fsp3) is 1.00. The van der Waals surface area contributed by atoms with Gasteiger partial charge in [-0.3, -0.25) is 0 Å². The minimum absolute atomic E-state index is 0.00851. The number of nitrogens with one attached hydrogen (secondary N) is 1. The zero-order valence-electron chi connectivity index (χ0n) is 10.7. The van der Waals surface area contributed by atoms with Crippen molar-refractivity contribution in [3.05, 3.63) is 0 Å². The fourth-order valence-electron chi connectivity index (χ4n) is 2.00. The monoisotopic (exact) mass is 214 g/mol. The second-order valence-electron chi connectivity index (χ2n) is 5.19. The lowest BCUT2D eigenvalue weighted by atomic mass is 10.1. The number of nitrogens with zero attached hydrogens (tertiary/aromatic N) is 1. The van der Waals surface area contributed by atoms with Crippen LogP contribution >= 0.6 is 0 Å². The van der Waals surface area contributed by atoms with Gasteiger partial charge in [-0.05, 0) is 53.2 Å². The molecule has 90 valence electrons. The first kappa shape index (κ1) is 12.9. The fourth-order valence-corrected chi connectivity index (χ4v) is 2.00. The molecule has 15 heavy (non-hydrogen) atoms. The lowest BCUT2D eigenvalue weighted by Gasteiger charge is -2.24. The second-order valence-corrected chi connectivity index (χ2v) is 5.19. The van der Waals surface area contributed by atoms with E-state index >= 15 is 0 Å². The molecule has 0 radical (unpaired) electrons. The maximum atomic E-state index is 5.38. The molecule has 0 aliphatic carbocycles. The van der Waals surface area contributed by atoms with Gasteiger partial charge in [-0.1, -0.05) is 0 Å². The van der Waals surface area contributed by atoms with E-state index in [0.717, 1.165) is 25.6 Å². The Morgan fingerprint density at radius 2 is 2.20 bits per heavy atom. The average molecular weight is 214 g/mol. The molecular weight excluding hydrogens is 188 g/mol. The molecule has 0 bridgehead atoms. The minimum Gasteiger partial charge on any atom is -0.379 e. The zero-order chi connectivity index (χ0) is 11.3. The lowest BCUT2D eigenvalue weighted by molar-refractivity contribution is 0.0157. The van der Waals surface area contributed by atoms with Crippen LogP contribution in [0.2, 0.25) is 0 Å². The summed E-state index contributed by atoms with van der Waals surface area (Å²) in [6.07, 6.45) is 3.77. The third-order valence-corrected chi connectivity index (χ3v) is 3.51. The van der Waals surface area contributed by atoms with E-state index in [1.807, 2.05) is 0 Å². The molecule has 1 unspecified atom stereocenters. The Hall–Kier alpha value is -0.120. The highest BCUT2D eigenvalue weighted by molar-refractivity contribution is 4.78. The van der Waals surface area contributed by atoms with Gasteiger partial charge in [0.05, 0.1) is 5.60 Å². The normalized spacial score (nSPS) is 23.6. The first-order valence-electron chi connectivity index (χ1n) is 6.01. The molecular formula is C12H26N2O. The highest BCUT2D eigenvalue weighted by Crippen LogP contribution is 2.14. The summed E-state index contributed by atoms with van der Waals surface area (Å²) in [6, 6.07) is 0.746. The molecule has 3 heteroatoms. The predicted molar refractivity (Wildman–Crippen MR) is 64.2 cm³/mol. The maximum Gasteiger partial charge on any atom is 0.0634 e. The Bertz CT molecular complexity index is 182. The van der Waals surface area contributed by atoms with Crippen molar-refractivity contribution in [1.82, 2.24) is 10.2 Å². The number of likely N-dealkylation sites (N-methyl/N-ethyl adjacent to an activating group) is 1. The van der Waals surface area contributed by atoms with E-state index in [-0.39, 0.29) is 5.60 Å². The molecule has 0 aromatic rings. The van der Waals surface area contributed by atoms with Crippen LogP contribution in [0.25, 0.3) is 0 Å². The van der Waals surface area contributed by atoms with Crippen molar-refractivity contribution in [2.45, 2.75) is 44.8 Å². The van der Waals surface area contributed by atoms with E-state index < -0.39 is 0 Å². The van der Waals surface area contributed by atoms with Crippen LogP contribution in [0.4, 0.5) is 0 Å². The molecule has 0 amide bonds. The molecule has 1 heterocycles. The van der Waals surface area contributed by atoms with Gasteiger partial charge in [-0.25, -0.2) is 0 Å². The number of hydrogen-bond donors (Lipinski definition) is 1. The van der Waals surface area contributed by atoms with Gasteiger partial charge in [0, 0.05) is 19.7 Å². The molecule has 1 N–H and O–H groups in total. The summed E-state index contributed by atoms with van der Waals surface area (Å²) in [6.45, 7) is 7.70. The smallest absolute Gasteiger partial charge is 0.0634 e. The number of ether oxygens (including phenoxy) is 1. The summed E-state index contributed by atoms with van der Waals surface area (Å²) < 4.78 is 5.38. The summed E-state index contributed by atoms with van der Waals surface area (Å²) in [5, 5.41) is 3.53. The molecule has 1 aliphatic rings. The Labute approximate surface area is 94.2 Å². The second kappa shape index (κ2) is 5.83. The third kappa shape index (κ3) is 4.49. The summed E-state index contributed by atoms with van der Waals surface area (Å²) >= 11 is 0. The van der Waals surface area contributed by atoms with Gasteiger partial charge < -0.3 is 15.0 Å². The van der Waals surface area contributed by atoms with Crippen LogP contribution in [0.1, 0.15) is 33.1 Å². The van der Waals surface area contributed by atoms with Crippen molar-refractivity contribution in [3.63, 3.8) is 0 Å². The van der Waals surface area contributed by atoms with Crippen molar-refractivity contribution in [2.24, 2.45) is 0 Å². The van der Waals surface area contributed by atoms with E-state index in [9.17, 15) is 0 Å². The summed E-state index contributed by atoms with van der Waals surface area (Å²) in [7, 11) is 4.00. The van der Waals surface area contributed by atoms with Crippen LogP contribution < -0.4 is 5.32 Å². The number of rotatable bonds is 6. The van der Waals surface area contributed by atoms with Gasteiger partial charge >= 0.3 is 0 Å². The highest BCUT2D eigenvalue weighted by atomic mass is 16.5. The highest BCUT2D eigenvalue weighted by Gasteiger charge is 2.20. The Balaban J connectivity index is 2.06. The Morgan fingerprint density at radius 1 is 1.47 bits per heavy atom. The quantitative estimate of drug-likeness (QED) is 0.678. The molecule has 0 aromatic carbocycles. The van der Waals surface area contributed by atoms with Crippen LogP contribution in [-0.2, 0) is 4.74 Å². The molecule has 0 spiro atoms. The van der Waals surface area contributed by atoms with Crippen molar-refractivity contribution in [3.8, 4) is 0 Å². The molecule has 1 saturated heterocycles. The van der Waals surface area contributed by atoms with Crippen LogP contribution in [0, 0.1) is 0 Å². The lowest BCUT2D eigenvalue weighted by Crippen LogP contribution is -2.37. The molecule has 0 aromatic heterocycles. The standard InChI is InChI=1S/C12H26N2O/c1-12(2,15-4)7-8-13-10-11-6-5-9-14(11)3/h11,13H,5-10H2,1-4H3. The molecule has 1 aliphatic heterocycles. The van der Waals surface area contributed by atoms with Gasteiger partial charge in [0.2, 0.25) is 0 Å². The van der Waals surface area contributed by atoms with Crippen LogP contribution in [0.15, 0.2) is 0 Å². The van der Waals surface area contributed by atoms with Crippen molar-refractivity contribution >= 4 is 0 Å². The van der Waals surface area contributed by atoms with Crippen LogP contribution in [0.5, 0.6) is 0 Å². The number of hydrogen-bond acceptors (Lipinski definition) is 3. The van der Waals surface area contributed by atoms with E-state index in [4.69, 9.17) is 4.74 Å². The largest absolute Gasteiger partial charge is 0.379 e. The minimum atomic E-state index is 0.00851. The number of methoxy groups -OCH3 is 1. The van der Waals surface area contributed by atoms with Crippen LogP contribution in [0.3, 0.4) is 0 Å². The summed E-state index contributed by atoms with van der Waals surface area (Å²) in [4.78, 5) is 2.45.